The largest absolute Gasteiger partial charge is 0.480 e. The zero-order valence-electron chi connectivity index (χ0n) is 14.9. The molecule has 140 valence electrons. The molecule has 2 aliphatic heterocycles. The fourth-order valence-electron chi connectivity index (χ4n) is 4.00. The predicted molar refractivity (Wildman–Crippen MR) is 99.9 cm³/mol. The summed E-state index contributed by atoms with van der Waals surface area (Å²) in [5.74, 6) is -0.920. The van der Waals surface area contributed by atoms with Gasteiger partial charge in [-0.1, -0.05) is 19.3 Å². The van der Waals surface area contributed by atoms with Crippen molar-refractivity contribution in [2.24, 2.45) is 0 Å². The Hall–Kier alpha value is -0.950. The van der Waals surface area contributed by atoms with E-state index in [1.807, 2.05) is 11.0 Å². The Kier molecular flexibility index (Phi) is 6.87. The molecule has 2 fully saturated rings. The van der Waals surface area contributed by atoms with Crippen LogP contribution in [0.2, 0.25) is 0 Å². The number of aliphatic carboxylic acids is 1. The van der Waals surface area contributed by atoms with Crippen LogP contribution in [-0.2, 0) is 11.3 Å². The summed E-state index contributed by atoms with van der Waals surface area (Å²) in [6.07, 6.45) is 7.40. The van der Waals surface area contributed by atoms with Crippen LogP contribution in [0.1, 0.15) is 60.8 Å². The van der Waals surface area contributed by atoms with Crippen molar-refractivity contribution in [3.63, 3.8) is 0 Å². The van der Waals surface area contributed by atoms with E-state index in [9.17, 15) is 15.0 Å². The average Bonchev–Trinajstić information content (AvgIpc) is 2.91. The second-order valence-corrected chi connectivity index (χ2v) is 8.52. The highest BCUT2D eigenvalue weighted by Gasteiger charge is 2.35. The van der Waals surface area contributed by atoms with Crippen LogP contribution >= 0.6 is 11.3 Å². The van der Waals surface area contributed by atoms with Gasteiger partial charge in [-0.25, -0.2) is 0 Å². The molecule has 0 aromatic carbocycles. The van der Waals surface area contributed by atoms with Crippen molar-refractivity contribution in [3.8, 4) is 0 Å². The van der Waals surface area contributed by atoms with Gasteiger partial charge in [0.05, 0.1) is 0 Å². The normalized spacial score (nSPS) is 23.1. The molecule has 0 bridgehead atoms. The van der Waals surface area contributed by atoms with E-state index >= 15 is 0 Å². The van der Waals surface area contributed by atoms with E-state index in [-0.39, 0.29) is 0 Å². The number of aliphatic hydroxyl groups is 1. The van der Waals surface area contributed by atoms with E-state index in [2.05, 4.69) is 11.0 Å². The van der Waals surface area contributed by atoms with Crippen LogP contribution in [0.5, 0.6) is 0 Å². The first-order valence-electron chi connectivity index (χ1n) is 9.61. The van der Waals surface area contributed by atoms with Crippen molar-refractivity contribution >= 4 is 17.3 Å². The van der Waals surface area contributed by atoms with Gasteiger partial charge >= 0.3 is 5.97 Å². The van der Waals surface area contributed by atoms with E-state index < -0.39 is 18.1 Å². The van der Waals surface area contributed by atoms with Gasteiger partial charge in [-0.05, 0) is 64.0 Å². The molecule has 2 aliphatic rings. The molecule has 6 heteroatoms. The molecule has 3 rings (SSSR count). The summed E-state index contributed by atoms with van der Waals surface area (Å²) >= 11 is 1.57. The van der Waals surface area contributed by atoms with Crippen LogP contribution in [0.4, 0.5) is 0 Å². The fraction of sp³-hybridized carbons (Fsp3) is 0.737. The minimum Gasteiger partial charge on any atom is -0.480 e. The lowest BCUT2D eigenvalue weighted by Crippen LogP contribution is -2.47. The van der Waals surface area contributed by atoms with Gasteiger partial charge in [-0.15, -0.1) is 11.3 Å². The molecule has 0 amide bonds. The highest BCUT2D eigenvalue weighted by molar-refractivity contribution is 7.12. The third-order valence-corrected chi connectivity index (χ3v) is 6.53. The number of thiophene rings is 1. The smallest absolute Gasteiger partial charge is 0.324 e. The molecule has 2 N–H and O–H groups in total. The van der Waals surface area contributed by atoms with E-state index in [0.717, 1.165) is 56.9 Å². The number of likely N-dealkylation sites (tertiary alicyclic amines) is 2. The first-order valence-corrected chi connectivity index (χ1v) is 10.4. The lowest BCUT2D eigenvalue weighted by molar-refractivity contribution is -0.148. The van der Waals surface area contributed by atoms with Gasteiger partial charge in [0.1, 0.15) is 12.1 Å². The number of nitrogens with zero attached hydrogens (tertiary/aromatic N) is 2. The monoisotopic (exact) mass is 366 g/mol. The highest BCUT2D eigenvalue weighted by Crippen LogP contribution is 2.30. The Balaban J connectivity index is 1.65. The maximum Gasteiger partial charge on any atom is 0.324 e. The molecule has 3 heterocycles. The highest BCUT2D eigenvalue weighted by atomic mass is 32.1. The quantitative estimate of drug-likeness (QED) is 0.810. The van der Waals surface area contributed by atoms with E-state index in [4.69, 9.17) is 0 Å². The second-order valence-electron chi connectivity index (χ2n) is 7.32. The Morgan fingerprint density at radius 1 is 1.00 bits per heavy atom. The second kappa shape index (κ2) is 9.12. The van der Waals surface area contributed by atoms with Crippen molar-refractivity contribution < 1.29 is 15.0 Å². The van der Waals surface area contributed by atoms with Gasteiger partial charge < -0.3 is 10.2 Å². The zero-order chi connectivity index (χ0) is 17.6. The van der Waals surface area contributed by atoms with Crippen molar-refractivity contribution in [1.82, 2.24) is 9.80 Å². The summed E-state index contributed by atoms with van der Waals surface area (Å²) in [5.41, 5.74) is 0. The molecule has 0 spiro atoms. The van der Waals surface area contributed by atoms with Crippen LogP contribution in [0.3, 0.4) is 0 Å². The summed E-state index contributed by atoms with van der Waals surface area (Å²) in [4.78, 5) is 18.2. The van der Waals surface area contributed by atoms with Crippen LogP contribution < -0.4 is 0 Å². The summed E-state index contributed by atoms with van der Waals surface area (Å²) in [6, 6.07) is 3.15. The van der Waals surface area contributed by atoms with Gasteiger partial charge in [-0.2, -0.15) is 0 Å². The fourth-order valence-corrected chi connectivity index (χ4v) is 5.07. The van der Waals surface area contributed by atoms with Crippen LogP contribution in [0, 0.1) is 0 Å². The molecule has 5 nitrogen and oxygen atoms in total. The number of carboxylic acid groups (broad SMARTS) is 1. The molecule has 2 saturated heterocycles. The lowest BCUT2D eigenvalue weighted by Gasteiger charge is -2.34. The first-order chi connectivity index (χ1) is 12.1. The molecule has 0 radical (unpaired) electrons. The lowest BCUT2D eigenvalue weighted by atomic mass is 10.0. The summed E-state index contributed by atoms with van der Waals surface area (Å²) in [5, 5.41) is 20.4. The standard InChI is InChI=1S/C19H30N2O3S/c22-18(17(19(23)24)21-12-6-3-7-13-21)16-9-8-15(25-16)14-20-10-4-1-2-5-11-20/h8-9,17-18,22H,1-7,10-14H2,(H,23,24). The van der Waals surface area contributed by atoms with Crippen molar-refractivity contribution in [2.75, 3.05) is 26.2 Å². The number of carbonyl (C=O) groups is 1. The van der Waals surface area contributed by atoms with Crippen LogP contribution in [0.15, 0.2) is 12.1 Å². The van der Waals surface area contributed by atoms with Crippen LogP contribution in [0.25, 0.3) is 0 Å². The Morgan fingerprint density at radius 2 is 1.60 bits per heavy atom. The number of rotatable bonds is 6. The number of hydrogen-bond donors (Lipinski definition) is 2. The molecular formula is C19H30N2O3S. The molecule has 0 aliphatic carbocycles. The SMILES string of the molecule is O=C(O)C(C(O)c1ccc(CN2CCCCCC2)s1)N1CCCCC1. The Bertz CT molecular complexity index is 549. The minimum absolute atomic E-state index is 0.764. The van der Waals surface area contributed by atoms with E-state index in [1.165, 1.54) is 30.6 Å². The topological polar surface area (TPSA) is 64.0 Å². The van der Waals surface area contributed by atoms with E-state index in [1.54, 1.807) is 11.3 Å². The number of hydrogen-bond acceptors (Lipinski definition) is 5. The third-order valence-electron chi connectivity index (χ3n) is 5.39. The number of carboxylic acids is 1. The van der Waals surface area contributed by atoms with Crippen molar-refractivity contribution in [3.05, 3.63) is 21.9 Å². The van der Waals surface area contributed by atoms with Gasteiger partial charge in [0.25, 0.3) is 0 Å². The van der Waals surface area contributed by atoms with Gasteiger partial charge in [0, 0.05) is 16.3 Å². The molecule has 0 saturated carbocycles. The number of aliphatic hydroxyl groups excluding tert-OH is 1. The molecule has 1 aromatic heterocycles. The van der Waals surface area contributed by atoms with Gasteiger partial charge in [-0.3, -0.25) is 14.6 Å². The predicted octanol–water partition coefficient (Wildman–Crippen LogP) is 3.10. The average molecular weight is 367 g/mol. The third kappa shape index (κ3) is 5.03. The van der Waals surface area contributed by atoms with E-state index in [0.29, 0.717) is 0 Å². The number of piperidine rings is 1. The molecular weight excluding hydrogens is 336 g/mol. The minimum atomic E-state index is -0.946. The summed E-state index contributed by atoms with van der Waals surface area (Å²) in [6.45, 7) is 4.72. The first kappa shape index (κ1) is 18.8. The molecule has 2 unspecified atom stereocenters. The molecule has 1 aromatic rings. The maximum absolute atomic E-state index is 11.8. The Labute approximate surface area is 154 Å². The Morgan fingerprint density at radius 3 is 2.24 bits per heavy atom. The van der Waals surface area contributed by atoms with Crippen LogP contribution in [-0.4, -0.2) is 58.2 Å². The maximum atomic E-state index is 11.8. The zero-order valence-corrected chi connectivity index (χ0v) is 15.7. The van der Waals surface area contributed by atoms with Crippen molar-refractivity contribution in [2.45, 2.75) is 63.6 Å². The molecule has 2 atom stereocenters. The van der Waals surface area contributed by atoms with Gasteiger partial charge in [0.15, 0.2) is 0 Å². The van der Waals surface area contributed by atoms with Crippen molar-refractivity contribution in [1.29, 1.82) is 0 Å². The summed E-state index contributed by atoms with van der Waals surface area (Å²) in [7, 11) is 0. The molecule has 25 heavy (non-hydrogen) atoms. The summed E-state index contributed by atoms with van der Waals surface area (Å²) < 4.78 is 0. The van der Waals surface area contributed by atoms with Gasteiger partial charge in [0.2, 0.25) is 0 Å².